The van der Waals surface area contributed by atoms with Crippen LogP contribution < -0.4 is 16.6 Å². The lowest BCUT2D eigenvalue weighted by molar-refractivity contribution is 0.100. The molecule has 0 radical (unpaired) electrons. The van der Waals surface area contributed by atoms with Gasteiger partial charge in [0.1, 0.15) is 0 Å². The van der Waals surface area contributed by atoms with Gasteiger partial charge in [-0.2, -0.15) is 0 Å². The molecule has 138 valence electrons. The molecule has 0 saturated carbocycles. The van der Waals surface area contributed by atoms with E-state index in [-0.39, 0.29) is 17.0 Å². The van der Waals surface area contributed by atoms with Gasteiger partial charge in [0.05, 0.1) is 17.0 Å². The van der Waals surface area contributed by atoms with Crippen molar-refractivity contribution < 1.29 is 13.2 Å². The third-order valence-corrected chi connectivity index (χ3v) is 4.83. The van der Waals surface area contributed by atoms with Crippen LogP contribution in [-0.2, 0) is 15.8 Å². The summed E-state index contributed by atoms with van der Waals surface area (Å²) in [5.74, 6) is -0.887. The molecule has 0 fully saturated rings. The minimum absolute atomic E-state index is 0.216. The lowest BCUT2D eigenvalue weighted by Gasteiger charge is -2.13. The van der Waals surface area contributed by atoms with Crippen LogP contribution in [0.4, 0.5) is 5.69 Å². The summed E-state index contributed by atoms with van der Waals surface area (Å²) in [6, 6.07) is 13.9. The zero-order valence-corrected chi connectivity index (χ0v) is 15.1. The molecule has 1 amide bonds. The smallest absolute Gasteiger partial charge is 0.250 e. The summed E-state index contributed by atoms with van der Waals surface area (Å²) >= 11 is 0. The van der Waals surface area contributed by atoms with Crippen LogP contribution in [0.15, 0.2) is 60.9 Å². The molecule has 0 bridgehead atoms. The van der Waals surface area contributed by atoms with Crippen molar-refractivity contribution in [3.05, 3.63) is 72.1 Å². The van der Waals surface area contributed by atoms with Crippen molar-refractivity contribution in [2.45, 2.75) is 5.75 Å². The Morgan fingerprint density at radius 2 is 1.56 bits per heavy atom. The molecule has 0 unspecified atom stereocenters. The van der Waals surface area contributed by atoms with Crippen molar-refractivity contribution in [1.29, 1.82) is 0 Å². The van der Waals surface area contributed by atoms with Gasteiger partial charge in [0, 0.05) is 18.0 Å². The largest absolute Gasteiger partial charge is 0.398 e. The Balaban J connectivity index is 2.11. The minimum atomic E-state index is -3.62. The highest BCUT2D eigenvalue weighted by Gasteiger charge is 2.15. The third kappa shape index (κ3) is 4.30. The van der Waals surface area contributed by atoms with Gasteiger partial charge in [0.25, 0.3) is 5.91 Å². The van der Waals surface area contributed by atoms with E-state index in [1.54, 1.807) is 42.7 Å². The fraction of sp³-hybridized carbons (Fsp3) is 0.0526. The van der Waals surface area contributed by atoms with Gasteiger partial charge in [-0.25, -0.2) is 13.6 Å². The molecule has 0 atom stereocenters. The first-order chi connectivity index (χ1) is 12.7. The van der Waals surface area contributed by atoms with Gasteiger partial charge in [0.15, 0.2) is 0 Å². The highest BCUT2D eigenvalue weighted by Crippen LogP contribution is 2.34. The minimum Gasteiger partial charge on any atom is -0.398 e. The lowest BCUT2D eigenvalue weighted by atomic mass is 9.94. The number of nitrogens with zero attached hydrogens (tertiary/aromatic N) is 1. The van der Waals surface area contributed by atoms with Crippen LogP contribution in [0.3, 0.4) is 0 Å². The summed E-state index contributed by atoms with van der Waals surface area (Å²) in [6.45, 7) is 0. The van der Waals surface area contributed by atoms with Crippen molar-refractivity contribution in [2.75, 3.05) is 5.73 Å². The number of carbonyl (C=O) groups is 1. The van der Waals surface area contributed by atoms with Crippen molar-refractivity contribution in [3.8, 4) is 22.3 Å². The molecule has 0 aliphatic heterocycles. The zero-order valence-electron chi connectivity index (χ0n) is 14.3. The molecular formula is C19H18N4O3S. The maximum Gasteiger partial charge on any atom is 0.250 e. The number of rotatable bonds is 5. The first-order valence-corrected chi connectivity index (χ1v) is 9.69. The predicted molar refractivity (Wildman–Crippen MR) is 105 cm³/mol. The maximum absolute atomic E-state index is 11.8. The van der Waals surface area contributed by atoms with Crippen LogP contribution in [0.5, 0.6) is 0 Å². The van der Waals surface area contributed by atoms with E-state index in [0.717, 1.165) is 16.7 Å². The Hall–Kier alpha value is -3.23. The molecule has 8 heteroatoms. The van der Waals surface area contributed by atoms with Crippen LogP contribution in [0.25, 0.3) is 22.3 Å². The quantitative estimate of drug-likeness (QED) is 0.578. The SMILES string of the molecule is NC(=O)c1cc(-c2ccncc2)cc(-c2ccc(CS(N)(=O)=O)cc2)c1N. The molecule has 0 spiro atoms. The van der Waals surface area contributed by atoms with Crippen molar-refractivity contribution in [3.63, 3.8) is 0 Å². The van der Waals surface area contributed by atoms with Crippen LogP contribution in [0, 0.1) is 0 Å². The fourth-order valence-electron chi connectivity index (χ4n) is 2.82. The van der Waals surface area contributed by atoms with E-state index in [1.807, 2.05) is 18.2 Å². The van der Waals surface area contributed by atoms with Gasteiger partial charge in [-0.3, -0.25) is 9.78 Å². The Bertz CT molecular complexity index is 1100. The molecule has 3 aromatic rings. The van der Waals surface area contributed by atoms with Crippen molar-refractivity contribution in [2.24, 2.45) is 10.9 Å². The number of nitrogen functional groups attached to an aromatic ring is 1. The first kappa shape index (κ1) is 18.6. The average molecular weight is 382 g/mol. The van der Waals surface area contributed by atoms with Gasteiger partial charge >= 0.3 is 0 Å². The average Bonchev–Trinajstić information content (AvgIpc) is 2.62. The number of benzene rings is 2. The molecule has 7 nitrogen and oxygen atoms in total. The predicted octanol–water partition coefficient (Wildman–Crippen LogP) is 1.89. The van der Waals surface area contributed by atoms with E-state index in [1.165, 1.54) is 0 Å². The van der Waals surface area contributed by atoms with E-state index in [4.69, 9.17) is 16.6 Å². The molecule has 1 heterocycles. The topological polar surface area (TPSA) is 142 Å². The Morgan fingerprint density at radius 3 is 2.11 bits per heavy atom. The lowest BCUT2D eigenvalue weighted by Crippen LogP contribution is -2.15. The molecule has 0 saturated heterocycles. The Labute approximate surface area is 156 Å². The second kappa shape index (κ2) is 7.18. The Morgan fingerprint density at radius 1 is 0.926 bits per heavy atom. The monoisotopic (exact) mass is 382 g/mol. The number of pyridine rings is 1. The van der Waals surface area contributed by atoms with Gasteiger partial charge < -0.3 is 11.5 Å². The van der Waals surface area contributed by atoms with Crippen molar-refractivity contribution >= 4 is 21.6 Å². The van der Waals surface area contributed by atoms with E-state index in [2.05, 4.69) is 4.98 Å². The van der Waals surface area contributed by atoms with Crippen LogP contribution in [-0.4, -0.2) is 19.3 Å². The highest BCUT2D eigenvalue weighted by atomic mass is 32.2. The second-order valence-electron chi connectivity index (χ2n) is 6.09. The summed E-state index contributed by atoms with van der Waals surface area (Å²) in [7, 11) is -3.62. The number of amides is 1. The summed E-state index contributed by atoms with van der Waals surface area (Å²) in [5.41, 5.74) is 15.7. The Kier molecular flexibility index (Phi) is 4.93. The third-order valence-electron chi connectivity index (χ3n) is 4.09. The number of nitrogens with two attached hydrogens (primary N) is 3. The van der Waals surface area contributed by atoms with E-state index >= 15 is 0 Å². The van der Waals surface area contributed by atoms with Gasteiger partial charge in [-0.05, 0) is 46.5 Å². The number of carbonyl (C=O) groups excluding carboxylic acids is 1. The number of primary sulfonamides is 1. The van der Waals surface area contributed by atoms with Gasteiger partial charge in [-0.1, -0.05) is 24.3 Å². The van der Waals surface area contributed by atoms with E-state index < -0.39 is 15.9 Å². The normalized spacial score (nSPS) is 11.3. The van der Waals surface area contributed by atoms with Gasteiger partial charge in [-0.15, -0.1) is 0 Å². The summed E-state index contributed by atoms with van der Waals surface area (Å²) in [6.07, 6.45) is 3.30. The summed E-state index contributed by atoms with van der Waals surface area (Å²) in [5, 5.41) is 5.07. The summed E-state index contributed by atoms with van der Waals surface area (Å²) < 4.78 is 22.5. The second-order valence-corrected chi connectivity index (χ2v) is 7.70. The van der Waals surface area contributed by atoms with Crippen LogP contribution in [0.2, 0.25) is 0 Å². The molecule has 0 aliphatic carbocycles. The molecule has 27 heavy (non-hydrogen) atoms. The summed E-state index contributed by atoms with van der Waals surface area (Å²) in [4.78, 5) is 15.8. The number of sulfonamides is 1. The van der Waals surface area contributed by atoms with Crippen LogP contribution >= 0.6 is 0 Å². The van der Waals surface area contributed by atoms with E-state index in [0.29, 0.717) is 11.1 Å². The number of hydrogen-bond donors (Lipinski definition) is 3. The van der Waals surface area contributed by atoms with E-state index in [9.17, 15) is 13.2 Å². The molecule has 6 N–H and O–H groups in total. The number of anilines is 1. The molecule has 0 aliphatic rings. The molecule has 3 rings (SSSR count). The van der Waals surface area contributed by atoms with Crippen molar-refractivity contribution in [1.82, 2.24) is 4.98 Å². The fourth-order valence-corrected chi connectivity index (χ4v) is 3.48. The molecule has 2 aromatic carbocycles. The number of hydrogen-bond acceptors (Lipinski definition) is 5. The first-order valence-electron chi connectivity index (χ1n) is 7.98. The molecular weight excluding hydrogens is 364 g/mol. The number of primary amides is 1. The maximum atomic E-state index is 11.8. The molecule has 1 aromatic heterocycles. The van der Waals surface area contributed by atoms with Crippen LogP contribution in [0.1, 0.15) is 15.9 Å². The van der Waals surface area contributed by atoms with Gasteiger partial charge in [0.2, 0.25) is 10.0 Å². The highest BCUT2D eigenvalue weighted by molar-refractivity contribution is 7.88. The standard InChI is InChI=1S/C19H18N4O3S/c20-18-16(14-3-1-12(2-4-14)11-27(22,25)26)9-15(10-17(18)19(21)24)13-5-7-23-8-6-13/h1-10H,11,20H2,(H2,21,24)(H2,22,25,26). The zero-order chi connectivity index (χ0) is 19.6. The number of aromatic nitrogens is 1.